The van der Waals surface area contributed by atoms with Crippen molar-refractivity contribution in [3.05, 3.63) is 0 Å². The van der Waals surface area contributed by atoms with Gasteiger partial charge in [0, 0.05) is 0 Å². The minimum atomic E-state index is -2.82. The van der Waals surface area contributed by atoms with E-state index in [0.29, 0.717) is 6.61 Å². The molecule has 5 nitrogen and oxygen atoms in total. The topological polar surface area (TPSA) is 67.4 Å². The van der Waals surface area contributed by atoms with Crippen LogP contribution in [0.1, 0.15) is 13.8 Å². The van der Waals surface area contributed by atoms with Crippen LogP contribution in [0.5, 0.6) is 0 Å². The van der Waals surface area contributed by atoms with Crippen molar-refractivity contribution in [2.75, 3.05) is 13.2 Å². The minimum Gasteiger partial charge on any atom is -0.342 e. The van der Waals surface area contributed by atoms with Crippen LogP contribution >= 0.6 is 7.52 Å². The van der Waals surface area contributed by atoms with Gasteiger partial charge in [-0.3, -0.25) is 9.36 Å². The molecule has 1 aliphatic rings. The van der Waals surface area contributed by atoms with Crippen molar-refractivity contribution < 1.29 is 13.9 Å². The maximum atomic E-state index is 11.8. The third-order valence-corrected chi connectivity index (χ3v) is 4.05. The van der Waals surface area contributed by atoms with E-state index in [1.165, 1.54) is 0 Å². The largest absolute Gasteiger partial charge is 0.342 e. The lowest BCUT2D eigenvalue weighted by atomic mass is 10.6. The van der Waals surface area contributed by atoms with E-state index in [0.717, 1.165) is 0 Å². The lowest BCUT2D eigenvalue weighted by Crippen LogP contribution is -2.46. The Balaban J connectivity index is 2.66. The lowest BCUT2D eigenvalue weighted by molar-refractivity contribution is -0.120. The van der Waals surface area contributed by atoms with E-state index in [4.69, 9.17) is 4.52 Å². The summed E-state index contributed by atoms with van der Waals surface area (Å²) in [5.41, 5.74) is 0. The number of nitrogens with one attached hydrogen (secondary N) is 2. The van der Waals surface area contributed by atoms with Gasteiger partial charge in [-0.2, -0.15) is 0 Å². The Kier molecular flexibility index (Phi) is 2.88. The van der Waals surface area contributed by atoms with Crippen LogP contribution in [0.4, 0.5) is 0 Å². The van der Waals surface area contributed by atoms with Crippen molar-refractivity contribution in [3.63, 3.8) is 0 Å². The molecule has 0 saturated carbocycles. The summed E-state index contributed by atoms with van der Waals surface area (Å²) in [6, 6.07) is 0. The molecule has 0 spiro atoms. The van der Waals surface area contributed by atoms with Gasteiger partial charge in [-0.05, 0) is 13.8 Å². The second-order valence-corrected chi connectivity index (χ2v) is 5.14. The van der Waals surface area contributed by atoms with E-state index in [1.54, 1.807) is 13.8 Å². The van der Waals surface area contributed by atoms with Crippen LogP contribution < -0.4 is 10.4 Å². The highest BCUT2D eigenvalue weighted by atomic mass is 31.2. The third-order valence-electron chi connectivity index (χ3n) is 1.66. The van der Waals surface area contributed by atoms with Gasteiger partial charge in [0.05, 0.1) is 13.2 Å². The first-order valence-electron chi connectivity index (χ1n) is 3.87. The fourth-order valence-corrected chi connectivity index (χ4v) is 2.69. The molecule has 0 bridgehead atoms. The van der Waals surface area contributed by atoms with E-state index < -0.39 is 13.3 Å². The Labute approximate surface area is 71.4 Å². The molecule has 1 fully saturated rings. The van der Waals surface area contributed by atoms with Crippen molar-refractivity contribution in [1.82, 2.24) is 10.4 Å². The molecule has 70 valence electrons. The minimum absolute atomic E-state index is 0.0710. The Morgan fingerprint density at radius 2 is 2.42 bits per heavy atom. The summed E-state index contributed by atoms with van der Waals surface area (Å²) in [6.07, 6.45) is 0. The van der Waals surface area contributed by atoms with E-state index >= 15 is 0 Å². The number of hydrogen-bond acceptors (Lipinski definition) is 3. The van der Waals surface area contributed by atoms with Gasteiger partial charge in [-0.15, -0.1) is 0 Å². The molecule has 0 aromatic carbocycles. The molecule has 2 unspecified atom stereocenters. The highest BCUT2D eigenvalue weighted by Gasteiger charge is 2.35. The summed E-state index contributed by atoms with van der Waals surface area (Å²) in [5, 5.41) is 5.18. The fourth-order valence-electron chi connectivity index (χ4n) is 1.04. The van der Waals surface area contributed by atoms with E-state index in [1.807, 2.05) is 0 Å². The van der Waals surface area contributed by atoms with Gasteiger partial charge in [0.25, 0.3) is 7.52 Å². The number of carbonyl (C=O) groups is 1. The lowest BCUT2D eigenvalue weighted by Gasteiger charge is -2.29. The molecule has 1 amide bonds. The highest BCUT2D eigenvalue weighted by molar-refractivity contribution is 7.57. The number of amides is 1. The van der Waals surface area contributed by atoms with E-state index in [2.05, 4.69) is 10.4 Å². The van der Waals surface area contributed by atoms with Crippen LogP contribution in [-0.2, 0) is 13.9 Å². The van der Waals surface area contributed by atoms with Crippen molar-refractivity contribution in [1.29, 1.82) is 0 Å². The van der Waals surface area contributed by atoms with Gasteiger partial charge in [-0.1, -0.05) is 0 Å². The number of hydrogen-bond donors (Lipinski definition) is 2. The smallest absolute Gasteiger partial charge is 0.291 e. The normalized spacial score (nSPS) is 36.2. The van der Waals surface area contributed by atoms with Crippen LogP contribution in [0.15, 0.2) is 0 Å². The van der Waals surface area contributed by atoms with Gasteiger partial charge in [0.1, 0.15) is 5.78 Å². The first-order chi connectivity index (χ1) is 5.58. The zero-order valence-corrected chi connectivity index (χ0v) is 8.06. The molecular weight excluding hydrogens is 179 g/mol. The summed E-state index contributed by atoms with van der Waals surface area (Å²) in [5.74, 6) is -0.577. The molecule has 0 aliphatic carbocycles. The maximum Gasteiger partial charge on any atom is 0.291 e. The van der Waals surface area contributed by atoms with Crippen LogP contribution in [0.2, 0.25) is 0 Å². The molecule has 1 aliphatic heterocycles. The molecular formula is C6H13N2O3P. The summed E-state index contributed by atoms with van der Waals surface area (Å²) in [6.45, 7) is 3.89. The summed E-state index contributed by atoms with van der Waals surface area (Å²) in [7, 11) is -2.82. The molecule has 1 heterocycles. The molecule has 0 radical (unpaired) electrons. The molecule has 2 atom stereocenters. The average molecular weight is 192 g/mol. The van der Waals surface area contributed by atoms with Gasteiger partial charge >= 0.3 is 0 Å². The highest BCUT2D eigenvalue weighted by Crippen LogP contribution is 2.47. The Bertz CT molecular complexity index is 231. The van der Waals surface area contributed by atoms with E-state index in [9.17, 15) is 9.36 Å². The first kappa shape index (κ1) is 9.71. The van der Waals surface area contributed by atoms with Crippen molar-refractivity contribution in [2.24, 2.45) is 0 Å². The first-order valence-corrected chi connectivity index (χ1v) is 5.56. The second-order valence-electron chi connectivity index (χ2n) is 2.59. The molecule has 12 heavy (non-hydrogen) atoms. The SMILES string of the molecule is CCOP1(=O)NCC(=O)NC1C. The van der Waals surface area contributed by atoms with Crippen molar-refractivity contribution in [2.45, 2.75) is 19.6 Å². The Morgan fingerprint density at radius 3 is 2.92 bits per heavy atom. The standard InChI is InChI=1S/C6H13N2O3P/c1-3-11-12(10)5(2)8-6(9)4-7-12/h5H,3-4H2,1-2H3,(H,7,10)(H,8,9). The zero-order chi connectivity index (χ0) is 9.19. The number of carbonyl (C=O) groups excluding carboxylic acids is 1. The van der Waals surface area contributed by atoms with Gasteiger partial charge in [0.15, 0.2) is 0 Å². The predicted octanol–water partition coefficient (Wildman–Crippen LogP) is 0.281. The van der Waals surface area contributed by atoms with Crippen LogP contribution in [-0.4, -0.2) is 24.8 Å². The molecule has 0 aromatic rings. The van der Waals surface area contributed by atoms with Gasteiger partial charge in [0.2, 0.25) is 5.91 Å². The summed E-state index contributed by atoms with van der Waals surface area (Å²) >= 11 is 0. The Morgan fingerprint density at radius 1 is 1.75 bits per heavy atom. The summed E-state index contributed by atoms with van der Waals surface area (Å²) < 4.78 is 16.8. The molecule has 1 rings (SSSR count). The molecule has 6 heteroatoms. The maximum absolute atomic E-state index is 11.8. The quantitative estimate of drug-likeness (QED) is 0.617. The van der Waals surface area contributed by atoms with Gasteiger partial charge in [-0.25, -0.2) is 5.09 Å². The zero-order valence-electron chi connectivity index (χ0n) is 7.16. The Hall–Kier alpha value is -0.380. The molecule has 1 saturated heterocycles. The van der Waals surface area contributed by atoms with E-state index in [-0.39, 0.29) is 12.5 Å². The summed E-state index contributed by atoms with van der Waals surface area (Å²) in [4.78, 5) is 10.8. The number of rotatable bonds is 2. The molecule has 2 N–H and O–H groups in total. The van der Waals surface area contributed by atoms with Crippen LogP contribution in [0.3, 0.4) is 0 Å². The van der Waals surface area contributed by atoms with Crippen LogP contribution in [0, 0.1) is 0 Å². The monoisotopic (exact) mass is 192 g/mol. The fraction of sp³-hybridized carbons (Fsp3) is 0.833. The van der Waals surface area contributed by atoms with Crippen LogP contribution in [0.25, 0.3) is 0 Å². The third kappa shape index (κ3) is 1.86. The average Bonchev–Trinajstić information content (AvgIpc) is 1.99. The predicted molar refractivity (Wildman–Crippen MR) is 44.8 cm³/mol. The van der Waals surface area contributed by atoms with Crippen molar-refractivity contribution >= 4 is 13.4 Å². The molecule has 0 aromatic heterocycles. The second kappa shape index (κ2) is 3.56. The van der Waals surface area contributed by atoms with Gasteiger partial charge < -0.3 is 9.84 Å². The van der Waals surface area contributed by atoms with Crippen molar-refractivity contribution in [3.8, 4) is 0 Å².